The van der Waals surface area contributed by atoms with Crippen molar-refractivity contribution in [3.63, 3.8) is 0 Å². The van der Waals surface area contributed by atoms with Crippen molar-refractivity contribution in [1.82, 2.24) is 20.0 Å². The number of primary amides is 1. The van der Waals surface area contributed by atoms with Gasteiger partial charge in [-0.3, -0.25) is 4.79 Å². The normalized spacial score (nSPS) is 16.4. The quantitative estimate of drug-likeness (QED) is 0.350. The van der Waals surface area contributed by atoms with Crippen molar-refractivity contribution in [2.75, 3.05) is 26.2 Å². The van der Waals surface area contributed by atoms with Crippen molar-refractivity contribution >= 4 is 22.9 Å². The number of piperidine rings is 1. The number of ether oxygens (including phenoxy) is 1. The second-order valence-electron chi connectivity index (χ2n) is 11.3. The van der Waals surface area contributed by atoms with Crippen LogP contribution in [-0.2, 0) is 4.74 Å². The maximum Gasteiger partial charge on any atom is 0.407 e. The highest BCUT2D eigenvalue weighted by Gasteiger charge is 2.21. The first-order chi connectivity index (χ1) is 18.2. The van der Waals surface area contributed by atoms with E-state index >= 15 is 0 Å². The van der Waals surface area contributed by atoms with Crippen LogP contribution in [0.4, 0.5) is 4.79 Å². The van der Waals surface area contributed by atoms with Gasteiger partial charge in [-0.05, 0) is 89.2 Å². The van der Waals surface area contributed by atoms with E-state index in [1.54, 1.807) is 6.07 Å². The van der Waals surface area contributed by atoms with Crippen LogP contribution in [0.1, 0.15) is 81.1 Å². The van der Waals surface area contributed by atoms with Crippen LogP contribution >= 0.6 is 0 Å². The molecule has 0 radical (unpaired) electrons. The molecule has 204 valence electrons. The number of hydrogen-bond acceptors (Lipinski definition) is 5. The first-order valence-electron chi connectivity index (χ1n) is 13.8. The molecule has 8 heteroatoms. The van der Waals surface area contributed by atoms with Gasteiger partial charge < -0.3 is 20.7 Å². The van der Waals surface area contributed by atoms with Gasteiger partial charge in [-0.1, -0.05) is 37.1 Å². The second kappa shape index (κ2) is 12.4. The summed E-state index contributed by atoms with van der Waals surface area (Å²) in [6.07, 6.45) is 8.46. The minimum Gasteiger partial charge on any atom is -0.444 e. The molecule has 1 atom stereocenters. The lowest BCUT2D eigenvalue weighted by atomic mass is 9.90. The molecule has 2 heterocycles. The summed E-state index contributed by atoms with van der Waals surface area (Å²) in [6, 6.07) is 14.1. The lowest BCUT2D eigenvalue weighted by molar-refractivity contribution is 0.0526. The number of unbranched alkanes of at least 4 members (excludes halogenated alkanes) is 3. The van der Waals surface area contributed by atoms with E-state index in [0.29, 0.717) is 23.5 Å². The number of carbonyl (C=O) groups is 2. The summed E-state index contributed by atoms with van der Waals surface area (Å²) >= 11 is 0. The Hall–Kier alpha value is -3.39. The van der Waals surface area contributed by atoms with Crippen molar-refractivity contribution in [1.29, 1.82) is 0 Å². The number of rotatable bonds is 10. The Kier molecular flexibility index (Phi) is 9.05. The van der Waals surface area contributed by atoms with Gasteiger partial charge in [0.2, 0.25) is 0 Å². The number of nitrogens with two attached hydrogens (primary N) is 1. The largest absolute Gasteiger partial charge is 0.444 e. The molecular formula is C30H41N5O3. The van der Waals surface area contributed by atoms with Gasteiger partial charge in [0.25, 0.3) is 5.91 Å². The van der Waals surface area contributed by atoms with Crippen LogP contribution < -0.4 is 11.1 Å². The Labute approximate surface area is 225 Å². The SMILES string of the molecule is CC(C)(C)OC(=O)NCCCCCCN1CCC[C@@H](c2ccc(-n3cc4cccc(C(N)=O)c4n3)cc2)C1. The maximum atomic E-state index is 11.7. The lowest BCUT2D eigenvalue weighted by Gasteiger charge is -2.33. The van der Waals surface area contributed by atoms with E-state index in [9.17, 15) is 9.59 Å². The summed E-state index contributed by atoms with van der Waals surface area (Å²) in [6.45, 7) is 9.66. The molecule has 0 saturated carbocycles. The van der Waals surface area contributed by atoms with Crippen LogP contribution in [-0.4, -0.2) is 58.5 Å². The van der Waals surface area contributed by atoms with Crippen LogP contribution in [0.15, 0.2) is 48.7 Å². The van der Waals surface area contributed by atoms with Crippen molar-refractivity contribution in [2.45, 2.75) is 70.8 Å². The van der Waals surface area contributed by atoms with E-state index in [1.807, 2.05) is 43.8 Å². The van der Waals surface area contributed by atoms with E-state index in [2.05, 4.69) is 39.6 Å². The number of alkyl carbamates (subject to hydrolysis) is 1. The first-order valence-corrected chi connectivity index (χ1v) is 13.8. The molecule has 2 amide bonds. The zero-order valence-electron chi connectivity index (χ0n) is 22.9. The summed E-state index contributed by atoms with van der Waals surface area (Å²) in [5.74, 6) is 0.0715. The van der Waals surface area contributed by atoms with Crippen molar-refractivity contribution < 1.29 is 14.3 Å². The van der Waals surface area contributed by atoms with E-state index in [4.69, 9.17) is 10.5 Å². The summed E-state index contributed by atoms with van der Waals surface area (Å²) in [4.78, 5) is 26.0. The molecule has 0 spiro atoms. The highest BCUT2D eigenvalue weighted by molar-refractivity contribution is 6.04. The van der Waals surface area contributed by atoms with Gasteiger partial charge in [0, 0.05) is 24.7 Å². The average molecular weight is 520 g/mol. The molecule has 3 N–H and O–H groups in total. The molecule has 4 rings (SSSR count). The van der Waals surface area contributed by atoms with Gasteiger partial charge in [0.1, 0.15) is 11.1 Å². The third kappa shape index (κ3) is 7.57. The predicted molar refractivity (Wildman–Crippen MR) is 151 cm³/mol. The maximum absolute atomic E-state index is 11.7. The molecule has 2 aromatic carbocycles. The smallest absolute Gasteiger partial charge is 0.407 e. The standard InChI is InChI=1S/C30H41N5O3/c1-30(2,3)38-29(37)32-17-6-4-5-7-18-34-19-9-11-23(20-34)22-13-15-25(16-14-22)35-21-24-10-8-12-26(28(31)36)27(24)33-35/h8,10,12-16,21,23H,4-7,9,11,17-20H2,1-3H3,(H2,31,36)(H,32,37)/t23-/m1/s1. The number of hydrogen-bond donors (Lipinski definition) is 2. The molecule has 8 nitrogen and oxygen atoms in total. The molecule has 1 fully saturated rings. The molecule has 0 aliphatic carbocycles. The lowest BCUT2D eigenvalue weighted by Crippen LogP contribution is -2.35. The Morgan fingerprint density at radius 2 is 1.84 bits per heavy atom. The molecule has 0 bridgehead atoms. The van der Waals surface area contributed by atoms with Gasteiger partial charge in [-0.15, -0.1) is 0 Å². The third-order valence-electron chi connectivity index (χ3n) is 7.01. The molecular weight excluding hydrogens is 478 g/mol. The molecule has 0 unspecified atom stereocenters. The second-order valence-corrected chi connectivity index (χ2v) is 11.3. The van der Waals surface area contributed by atoms with Crippen LogP contribution in [0.3, 0.4) is 0 Å². The van der Waals surface area contributed by atoms with Crippen molar-refractivity contribution in [2.24, 2.45) is 5.73 Å². The highest BCUT2D eigenvalue weighted by Crippen LogP contribution is 2.28. The first kappa shape index (κ1) is 27.6. The summed E-state index contributed by atoms with van der Waals surface area (Å²) in [5.41, 5.74) is 8.46. The Bertz CT molecular complexity index is 1230. The molecule has 1 aliphatic rings. The van der Waals surface area contributed by atoms with Crippen molar-refractivity contribution in [3.8, 4) is 5.69 Å². The van der Waals surface area contributed by atoms with E-state index in [0.717, 1.165) is 43.5 Å². The number of carbonyl (C=O) groups excluding carboxylic acids is 2. The van der Waals surface area contributed by atoms with Gasteiger partial charge in [-0.2, -0.15) is 5.10 Å². The topological polar surface area (TPSA) is 102 Å². The number of nitrogens with one attached hydrogen (secondary N) is 1. The summed E-state index contributed by atoms with van der Waals surface area (Å²) in [7, 11) is 0. The van der Waals surface area contributed by atoms with Crippen LogP contribution in [0, 0.1) is 0 Å². The summed E-state index contributed by atoms with van der Waals surface area (Å²) in [5, 5.41) is 8.35. The molecule has 1 aromatic heterocycles. The number of likely N-dealkylation sites (tertiary alicyclic amines) is 1. The zero-order valence-corrected chi connectivity index (χ0v) is 22.9. The van der Waals surface area contributed by atoms with Gasteiger partial charge in [0.05, 0.1) is 11.3 Å². The fourth-order valence-corrected chi connectivity index (χ4v) is 5.13. The van der Waals surface area contributed by atoms with Gasteiger partial charge in [0.15, 0.2) is 0 Å². The Balaban J connectivity index is 1.22. The Morgan fingerprint density at radius 1 is 1.08 bits per heavy atom. The van der Waals surface area contributed by atoms with Crippen LogP contribution in [0.2, 0.25) is 0 Å². The number of aromatic nitrogens is 2. The fourth-order valence-electron chi connectivity index (χ4n) is 5.13. The fraction of sp³-hybridized carbons (Fsp3) is 0.500. The van der Waals surface area contributed by atoms with E-state index < -0.39 is 11.5 Å². The van der Waals surface area contributed by atoms with Gasteiger partial charge in [-0.25, -0.2) is 9.48 Å². The summed E-state index contributed by atoms with van der Waals surface area (Å²) < 4.78 is 7.08. The number of amides is 2. The monoisotopic (exact) mass is 519 g/mol. The third-order valence-corrected chi connectivity index (χ3v) is 7.01. The van der Waals surface area contributed by atoms with Crippen LogP contribution in [0.5, 0.6) is 0 Å². The van der Waals surface area contributed by atoms with E-state index in [1.165, 1.54) is 31.2 Å². The molecule has 1 aliphatic heterocycles. The Morgan fingerprint density at radius 3 is 2.58 bits per heavy atom. The van der Waals surface area contributed by atoms with Gasteiger partial charge >= 0.3 is 6.09 Å². The van der Waals surface area contributed by atoms with Crippen LogP contribution in [0.25, 0.3) is 16.6 Å². The zero-order chi connectivity index (χ0) is 27.1. The highest BCUT2D eigenvalue weighted by atomic mass is 16.6. The van der Waals surface area contributed by atoms with Crippen molar-refractivity contribution in [3.05, 3.63) is 59.8 Å². The number of fused-ring (bicyclic) bond motifs is 1. The molecule has 38 heavy (non-hydrogen) atoms. The van der Waals surface area contributed by atoms with E-state index in [-0.39, 0.29) is 6.09 Å². The number of nitrogens with zero attached hydrogens (tertiary/aromatic N) is 3. The average Bonchev–Trinajstić information content (AvgIpc) is 3.32. The number of benzene rings is 2. The predicted octanol–water partition coefficient (Wildman–Crippen LogP) is 5.39. The molecule has 3 aromatic rings. The minimum absolute atomic E-state index is 0.333. The minimum atomic E-state index is -0.465. The molecule has 1 saturated heterocycles.